The van der Waals surface area contributed by atoms with Gasteiger partial charge in [-0.1, -0.05) is 26.0 Å². The second kappa shape index (κ2) is 11.9. The summed E-state index contributed by atoms with van der Waals surface area (Å²) in [7, 11) is 6.90. The molecule has 2 aromatic carbocycles. The third-order valence-electron chi connectivity index (χ3n) is 5.96. The highest BCUT2D eigenvalue weighted by Crippen LogP contribution is 2.42. The molecule has 0 aromatic heterocycles. The van der Waals surface area contributed by atoms with E-state index in [9.17, 15) is 14.7 Å². The van der Waals surface area contributed by atoms with E-state index in [1.807, 2.05) is 43.3 Å². The molecular formula is C28H36N2O6. The van der Waals surface area contributed by atoms with Crippen molar-refractivity contribution in [3.8, 4) is 17.2 Å². The van der Waals surface area contributed by atoms with Crippen molar-refractivity contribution in [1.82, 2.24) is 9.80 Å². The molecule has 3 rings (SSSR count). The van der Waals surface area contributed by atoms with Gasteiger partial charge in [-0.05, 0) is 68.9 Å². The van der Waals surface area contributed by atoms with Gasteiger partial charge in [0.25, 0.3) is 11.7 Å². The lowest BCUT2D eigenvalue weighted by Crippen LogP contribution is -2.32. The van der Waals surface area contributed by atoms with Crippen LogP contribution >= 0.6 is 0 Å². The molecule has 0 aliphatic carbocycles. The Balaban J connectivity index is 2.15. The average molecular weight is 497 g/mol. The van der Waals surface area contributed by atoms with Crippen LogP contribution in [0.5, 0.6) is 17.2 Å². The first-order valence-electron chi connectivity index (χ1n) is 12.1. The number of rotatable bonds is 11. The van der Waals surface area contributed by atoms with E-state index in [4.69, 9.17) is 14.2 Å². The van der Waals surface area contributed by atoms with Crippen molar-refractivity contribution in [3.63, 3.8) is 0 Å². The maximum atomic E-state index is 13.3. The van der Waals surface area contributed by atoms with Crippen LogP contribution < -0.4 is 14.2 Å². The van der Waals surface area contributed by atoms with E-state index in [2.05, 4.69) is 13.8 Å². The summed E-state index contributed by atoms with van der Waals surface area (Å²) in [6.07, 6.45) is 0.669. The molecule has 1 heterocycles. The largest absolute Gasteiger partial charge is 0.507 e. The number of likely N-dealkylation sites (tertiary alicyclic amines) is 1. The van der Waals surface area contributed by atoms with Crippen molar-refractivity contribution < 1.29 is 28.9 Å². The number of Topliss-reactive ketones (excluding diaryl/α,β-unsaturated/α-hetero) is 1. The number of amides is 1. The number of hydrogen-bond acceptors (Lipinski definition) is 7. The minimum absolute atomic E-state index is 0.0115. The number of carbonyl (C=O) groups is 2. The van der Waals surface area contributed by atoms with Crippen LogP contribution in [0.15, 0.2) is 48.0 Å². The van der Waals surface area contributed by atoms with Gasteiger partial charge in [-0.15, -0.1) is 0 Å². The molecule has 8 nitrogen and oxygen atoms in total. The molecule has 0 bridgehead atoms. The molecule has 0 saturated carbocycles. The molecule has 36 heavy (non-hydrogen) atoms. The summed E-state index contributed by atoms with van der Waals surface area (Å²) in [6, 6.07) is 11.5. The van der Waals surface area contributed by atoms with Crippen LogP contribution in [0.25, 0.3) is 5.76 Å². The zero-order chi connectivity index (χ0) is 26.4. The van der Waals surface area contributed by atoms with Crippen LogP contribution in [-0.4, -0.2) is 74.6 Å². The number of ketones is 1. The summed E-state index contributed by atoms with van der Waals surface area (Å²) in [5.74, 6) is 0.136. The average Bonchev–Trinajstić information content (AvgIpc) is 3.11. The lowest BCUT2D eigenvalue weighted by atomic mass is 9.94. The van der Waals surface area contributed by atoms with Gasteiger partial charge in [0.2, 0.25) is 0 Å². The SMILES string of the molecule is COc1ccc(OC)c(/C(O)=C2\C(=O)C(=O)N(CCCN(C)C)C2c2cccc(OCC(C)C)c2)c1. The van der Waals surface area contributed by atoms with Gasteiger partial charge in [-0.2, -0.15) is 0 Å². The van der Waals surface area contributed by atoms with Crippen LogP contribution in [0.3, 0.4) is 0 Å². The first-order chi connectivity index (χ1) is 17.2. The lowest BCUT2D eigenvalue weighted by Gasteiger charge is -2.26. The third-order valence-corrected chi connectivity index (χ3v) is 5.96. The fraction of sp³-hybridized carbons (Fsp3) is 0.429. The number of aliphatic hydroxyl groups excluding tert-OH is 1. The minimum Gasteiger partial charge on any atom is -0.507 e. The maximum Gasteiger partial charge on any atom is 0.295 e. The van der Waals surface area contributed by atoms with Gasteiger partial charge in [-0.25, -0.2) is 0 Å². The quantitative estimate of drug-likeness (QED) is 0.285. The Hall–Kier alpha value is -3.52. The van der Waals surface area contributed by atoms with Crippen molar-refractivity contribution in [2.45, 2.75) is 26.3 Å². The molecule has 0 spiro atoms. The first kappa shape index (κ1) is 27.1. The molecule has 1 aliphatic heterocycles. The fourth-order valence-corrected chi connectivity index (χ4v) is 4.20. The van der Waals surface area contributed by atoms with E-state index in [0.717, 1.165) is 6.54 Å². The van der Waals surface area contributed by atoms with Gasteiger partial charge in [0.15, 0.2) is 0 Å². The number of carbonyl (C=O) groups excluding carboxylic acids is 2. The molecule has 194 valence electrons. The lowest BCUT2D eigenvalue weighted by molar-refractivity contribution is -0.139. The van der Waals surface area contributed by atoms with E-state index >= 15 is 0 Å². The summed E-state index contributed by atoms with van der Waals surface area (Å²) in [4.78, 5) is 30.1. The van der Waals surface area contributed by atoms with E-state index in [-0.39, 0.29) is 16.9 Å². The standard InChI is InChI=1S/C28H36N2O6/c1-18(2)17-36-21-10-7-9-19(15-21)25-24(27(32)28(33)30(25)14-8-13-29(3)4)26(31)22-16-20(34-5)11-12-23(22)35-6/h7,9-12,15-16,18,25,31H,8,13-14,17H2,1-6H3/b26-24+. The van der Waals surface area contributed by atoms with Crippen LogP contribution in [0.4, 0.5) is 0 Å². The Kier molecular flexibility index (Phi) is 8.98. The molecule has 1 amide bonds. The Bertz CT molecular complexity index is 1120. The van der Waals surface area contributed by atoms with Gasteiger partial charge in [0.05, 0.1) is 38.0 Å². The zero-order valence-electron chi connectivity index (χ0n) is 21.9. The summed E-state index contributed by atoms with van der Waals surface area (Å²) in [6.45, 7) is 5.76. The van der Waals surface area contributed by atoms with Crippen molar-refractivity contribution in [2.75, 3.05) is 48.0 Å². The summed E-state index contributed by atoms with van der Waals surface area (Å²) in [5.41, 5.74) is 0.974. The third kappa shape index (κ3) is 5.99. The number of hydrogen-bond donors (Lipinski definition) is 1. The van der Waals surface area contributed by atoms with Crippen LogP contribution in [0.1, 0.15) is 37.4 Å². The highest BCUT2D eigenvalue weighted by Gasteiger charge is 2.46. The number of aliphatic hydroxyl groups is 1. The van der Waals surface area contributed by atoms with E-state index in [1.165, 1.54) is 19.1 Å². The molecule has 2 aromatic rings. The number of methoxy groups -OCH3 is 2. The first-order valence-corrected chi connectivity index (χ1v) is 12.1. The van der Waals surface area contributed by atoms with E-state index < -0.39 is 17.7 Å². The molecule has 1 saturated heterocycles. The molecule has 1 aliphatic rings. The fourth-order valence-electron chi connectivity index (χ4n) is 4.20. The van der Waals surface area contributed by atoms with Crippen molar-refractivity contribution in [3.05, 3.63) is 59.2 Å². The molecule has 1 N–H and O–H groups in total. The van der Waals surface area contributed by atoms with E-state index in [1.54, 1.807) is 18.2 Å². The summed E-state index contributed by atoms with van der Waals surface area (Å²) in [5, 5.41) is 11.5. The zero-order valence-corrected chi connectivity index (χ0v) is 21.9. The van der Waals surface area contributed by atoms with Crippen molar-refractivity contribution in [1.29, 1.82) is 0 Å². The molecule has 1 unspecified atom stereocenters. The summed E-state index contributed by atoms with van der Waals surface area (Å²) >= 11 is 0. The van der Waals surface area contributed by atoms with E-state index in [0.29, 0.717) is 48.3 Å². The smallest absolute Gasteiger partial charge is 0.295 e. The van der Waals surface area contributed by atoms with Crippen molar-refractivity contribution >= 4 is 17.4 Å². The van der Waals surface area contributed by atoms with Crippen LogP contribution in [-0.2, 0) is 9.59 Å². The Labute approximate surface area is 213 Å². The monoisotopic (exact) mass is 496 g/mol. The number of ether oxygens (including phenoxy) is 3. The Morgan fingerprint density at radius 3 is 2.44 bits per heavy atom. The van der Waals surface area contributed by atoms with Gasteiger partial charge in [-0.3, -0.25) is 9.59 Å². The minimum atomic E-state index is -0.773. The molecule has 1 atom stereocenters. The molecule has 8 heteroatoms. The molecule has 0 radical (unpaired) electrons. The molecule has 1 fully saturated rings. The Morgan fingerprint density at radius 1 is 1.06 bits per heavy atom. The maximum absolute atomic E-state index is 13.3. The highest BCUT2D eigenvalue weighted by atomic mass is 16.5. The normalized spacial score (nSPS) is 17.2. The topological polar surface area (TPSA) is 88.5 Å². The number of nitrogens with zero attached hydrogens (tertiary/aromatic N) is 2. The predicted octanol–water partition coefficient (Wildman–Crippen LogP) is 4.11. The van der Waals surface area contributed by atoms with Gasteiger partial charge >= 0.3 is 0 Å². The Morgan fingerprint density at radius 2 is 1.81 bits per heavy atom. The van der Waals surface area contributed by atoms with Crippen LogP contribution in [0.2, 0.25) is 0 Å². The summed E-state index contributed by atoms with van der Waals surface area (Å²) < 4.78 is 16.7. The number of benzene rings is 2. The highest BCUT2D eigenvalue weighted by molar-refractivity contribution is 6.46. The second-order valence-electron chi connectivity index (χ2n) is 9.49. The molecular weight excluding hydrogens is 460 g/mol. The van der Waals surface area contributed by atoms with Crippen molar-refractivity contribution in [2.24, 2.45) is 5.92 Å². The van der Waals surface area contributed by atoms with Gasteiger partial charge in [0.1, 0.15) is 23.0 Å². The van der Waals surface area contributed by atoms with Gasteiger partial charge < -0.3 is 29.1 Å². The predicted molar refractivity (Wildman–Crippen MR) is 139 cm³/mol. The second-order valence-corrected chi connectivity index (χ2v) is 9.49. The van der Waals surface area contributed by atoms with Gasteiger partial charge in [0, 0.05) is 6.54 Å². The van der Waals surface area contributed by atoms with Crippen LogP contribution in [0, 0.1) is 5.92 Å².